The molecule has 1 aromatic carbocycles. The summed E-state index contributed by atoms with van der Waals surface area (Å²) >= 11 is 0. The average Bonchev–Trinajstić information content (AvgIpc) is 2.86. The summed E-state index contributed by atoms with van der Waals surface area (Å²) in [4.78, 5) is 19.3. The first kappa shape index (κ1) is 20.7. The number of imidazole rings is 1. The van der Waals surface area contributed by atoms with E-state index in [-0.39, 0.29) is 30.7 Å². The van der Waals surface area contributed by atoms with Gasteiger partial charge in [0.05, 0.1) is 11.0 Å². The lowest BCUT2D eigenvalue weighted by molar-refractivity contribution is -0.121. The van der Waals surface area contributed by atoms with E-state index in [4.69, 9.17) is 0 Å². The second-order valence-corrected chi connectivity index (χ2v) is 4.86. The first-order valence-corrected chi connectivity index (χ1v) is 7.14. The number of aromatic amines is 1. The minimum atomic E-state index is 0. The summed E-state index contributed by atoms with van der Waals surface area (Å²) in [6, 6.07) is 8.00. The van der Waals surface area contributed by atoms with Crippen LogP contribution in [-0.4, -0.2) is 36.0 Å². The van der Waals surface area contributed by atoms with Crippen molar-refractivity contribution >= 4 is 41.8 Å². The molecule has 0 aliphatic carbocycles. The van der Waals surface area contributed by atoms with E-state index >= 15 is 0 Å². The van der Waals surface area contributed by atoms with Crippen molar-refractivity contribution in [1.29, 1.82) is 0 Å². The number of para-hydroxylation sites is 2. The fraction of sp³-hybridized carbons (Fsp3) is 0.467. The number of hydrogen-bond donors (Lipinski definition) is 3. The third kappa shape index (κ3) is 6.64. The molecule has 124 valence electrons. The van der Waals surface area contributed by atoms with Gasteiger partial charge in [0.25, 0.3) is 0 Å². The van der Waals surface area contributed by atoms with Crippen LogP contribution in [0.5, 0.6) is 0 Å². The number of benzene rings is 1. The fourth-order valence-electron chi connectivity index (χ4n) is 2.12. The Morgan fingerprint density at radius 1 is 1.18 bits per heavy atom. The first-order valence-electron chi connectivity index (χ1n) is 7.14. The molecular formula is C15H24Cl2N4O. The van der Waals surface area contributed by atoms with Crippen LogP contribution >= 0.6 is 24.8 Å². The van der Waals surface area contributed by atoms with Gasteiger partial charge in [-0.15, -0.1) is 24.8 Å². The number of H-pyrrole nitrogens is 1. The second-order valence-electron chi connectivity index (χ2n) is 4.86. The van der Waals surface area contributed by atoms with Gasteiger partial charge in [0.1, 0.15) is 5.82 Å². The number of nitrogens with zero attached hydrogens (tertiary/aromatic N) is 1. The summed E-state index contributed by atoms with van der Waals surface area (Å²) in [6.07, 6.45) is 3.22. The molecule has 0 bridgehead atoms. The second kappa shape index (κ2) is 11.3. The Labute approximate surface area is 143 Å². The summed E-state index contributed by atoms with van der Waals surface area (Å²) in [5.74, 6) is 1.11. The molecule has 1 heterocycles. The predicted molar refractivity (Wildman–Crippen MR) is 95.1 cm³/mol. The Kier molecular flexibility index (Phi) is 10.6. The molecule has 7 heteroatoms. The minimum Gasteiger partial charge on any atom is -0.356 e. The molecule has 1 aromatic heterocycles. The number of rotatable bonds is 8. The molecule has 0 radical (unpaired) electrons. The van der Waals surface area contributed by atoms with E-state index in [2.05, 4.69) is 20.6 Å². The van der Waals surface area contributed by atoms with Crippen LogP contribution in [0.1, 0.15) is 25.1 Å². The number of carbonyl (C=O) groups is 1. The number of fused-ring (bicyclic) bond motifs is 1. The Hall–Kier alpha value is -1.30. The zero-order valence-corrected chi connectivity index (χ0v) is 14.4. The molecule has 0 fully saturated rings. The zero-order valence-electron chi connectivity index (χ0n) is 12.7. The Morgan fingerprint density at radius 3 is 2.68 bits per heavy atom. The van der Waals surface area contributed by atoms with E-state index in [1.807, 2.05) is 31.3 Å². The normalized spacial score (nSPS) is 9.86. The summed E-state index contributed by atoms with van der Waals surface area (Å²) < 4.78 is 0. The van der Waals surface area contributed by atoms with Gasteiger partial charge in [-0.1, -0.05) is 12.1 Å². The van der Waals surface area contributed by atoms with Gasteiger partial charge in [-0.05, 0) is 38.6 Å². The number of nitrogens with one attached hydrogen (secondary N) is 3. The smallest absolute Gasteiger partial charge is 0.220 e. The van der Waals surface area contributed by atoms with Gasteiger partial charge in [0, 0.05) is 19.4 Å². The van der Waals surface area contributed by atoms with Crippen molar-refractivity contribution in [1.82, 2.24) is 20.6 Å². The topological polar surface area (TPSA) is 69.8 Å². The third-order valence-corrected chi connectivity index (χ3v) is 3.18. The molecular weight excluding hydrogens is 323 g/mol. The van der Waals surface area contributed by atoms with Crippen molar-refractivity contribution in [2.75, 3.05) is 20.1 Å². The molecule has 1 amide bonds. The molecule has 0 aliphatic heterocycles. The van der Waals surface area contributed by atoms with Crippen LogP contribution in [0, 0.1) is 0 Å². The van der Waals surface area contributed by atoms with Crippen molar-refractivity contribution in [3.63, 3.8) is 0 Å². The van der Waals surface area contributed by atoms with Crippen molar-refractivity contribution in [2.24, 2.45) is 0 Å². The maximum absolute atomic E-state index is 11.5. The third-order valence-electron chi connectivity index (χ3n) is 3.18. The number of aromatic nitrogens is 2. The highest BCUT2D eigenvalue weighted by Gasteiger charge is 2.03. The maximum atomic E-state index is 11.5. The molecule has 0 spiro atoms. The molecule has 0 aliphatic rings. The van der Waals surface area contributed by atoms with Crippen LogP contribution in [0.2, 0.25) is 0 Å². The molecule has 0 atom stereocenters. The van der Waals surface area contributed by atoms with E-state index in [9.17, 15) is 4.79 Å². The quantitative estimate of drug-likeness (QED) is 0.643. The van der Waals surface area contributed by atoms with Gasteiger partial charge >= 0.3 is 0 Å². The molecule has 0 saturated carbocycles. The van der Waals surface area contributed by atoms with Crippen molar-refractivity contribution in [3.05, 3.63) is 30.1 Å². The lowest BCUT2D eigenvalue weighted by Gasteiger charge is -2.04. The van der Waals surface area contributed by atoms with Crippen LogP contribution in [-0.2, 0) is 11.2 Å². The largest absolute Gasteiger partial charge is 0.356 e. The number of halogens is 2. The molecule has 2 rings (SSSR count). The first-order chi connectivity index (χ1) is 9.79. The Balaban J connectivity index is 0.00000220. The summed E-state index contributed by atoms with van der Waals surface area (Å²) in [7, 11) is 1.89. The maximum Gasteiger partial charge on any atom is 0.220 e. The fourth-order valence-corrected chi connectivity index (χ4v) is 2.12. The lowest BCUT2D eigenvalue weighted by Crippen LogP contribution is -2.25. The van der Waals surface area contributed by atoms with Gasteiger partial charge in [-0.2, -0.15) is 0 Å². The van der Waals surface area contributed by atoms with Crippen LogP contribution in [0.15, 0.2) is 24.3 Å². The van der Waals surface area contributed by atoms with Crippen LogP contribution in [0.3, 0.4) is 0 Å². The van der Waals surface area contributed by atoms with Crippen molar-refractivity contribution in [2.45, 2.75) is 25.7 Å². The molecule has 2 aromatic rings. The van der Waals surface area contributed by atoms with Crippen LogP contribution in [0.4, 0.5) is 0 Å². The van der Waals surface area contributed by atoms with Gasteiger partial charge in [0.15, 0.2) is 0 Å². The summed E-state index contributed by atoms with van der Waals surface area (Å²) in [5, 5.41) is 5.97. The van der Waals surface area contributed by atoms with Gasteiger partial charge in [0.2, 0.25) is 5.91 Å². The summed E-state index contributed by atoms with van der Waals surface area (Å²) in [6.45, 7) is 1.59. The Morgan fingerprint density at radius 2 is 1.95 bits per heavy atom. The van der Waals surface area contributed by atoms with E-state index in [1.165, 1.54) is 0 Å². The lowest BCUT2D eigenvalue weighted by atomic mass is 10.2. The van der Waals surface area contributed by atoms with E-state index in [1.54, 1.807) is 0 Å². The highest BCUT2D eigenvalue weighted by atomic mass is 35.5. The number of carbonyl (C=O) groups excluding carboxylic acids is 1. The van der Waals surface area contributed by atoms with Gasteiger partial charge < -0.3 is 15.6 Å². The molecule has 0 saturated heterocycles. The number of amides is 1. The van der Waals surface area contributed by atoms with E-state index in [0.29, 0.717) is 13.0 Å². The zero-order chi connectivity index (χ0) is 14.2. The van der Waals surface area contributed by atoms with Crippen molar-refractivity contribution in [3.8, 4) is 0 Å². The monoisotopic (exact) mass is 346 g/mol. The van der Waals surface area contributed by atoms with Gasteiger partial charge in [-0.25, -0.2) is 4.98 Å². The van der Waals surface area contributed by atoms with Crippen LogP contribution < -0.4 is 10.6 Å². The SMILES string of the molecule is CNCCCC(=O)NCCCc1nc2ccccc2[nH]1.Cl.Cl. The predicted octanol–water partition coefficient (Wildman–Crippen LogP) is 2.45. The molecule has 0 unspecified atom stereocenters. The summed E-state index contributed by atoms with van der Waals surface area (Å²) in [5.41, 5.74) is 2.07. The van der Waals surface area contributed by atoms with Crippen molar-refractivity contribution < 1.29 is 4.79 Å². The molecule has 3 N–H and O–H groups in total. The molecule has 5 nitrogen and oxygen atoms in total. The minimum absolute atomic E-state index is 0. The van der Waals surface area contributed by atoms with Gasteiger partial charge in [-0.3, -0.25) is 4.79 Å². The highest BCUT2D eigenvalue weighted by Crippen LogP contribution is 2.10. The van der Waals surface area contributed by atoms with E-state index in [0.717, 1.165) is 42.7 Å². The Bertz CT molecular complexity index is 526. The standard InChI is InChI=1S/C15H22N4O.2ClH/c1-16-10-5-9-15(20)17-11-4-8-14-18-12-6-2-3-7-13(12)19-14;;/h2-3,6-7,16H,4-5,8-11H2,1H3,(H,17,20)(H,18,19);2*1H. The highest BCUT2D eigenvalue weighted by molar-refractivity contribution is 5.85. The number of hydrogen-bond acceptors (Lipinski definition) is 3. The van der Waals surface area contributed by atoms with Crippen LogP contribution in [0.25, 0.3) is 11.0 Å². The van der Waals surface area contributed by atoms with E-state index < -0.39 is 0 Å². The average molecular weight is 347 g/mol. The number of aryl methyl sites for hydroxylation is 1. The molecule has 22 heavy (non-hydrogen) atoms.